The van der Waals surface area contributed by atoms with Crippen LogP contribution < -0.4 is 4.90 Å². The van der Waals surface area contributed by atoms with Crippen LogP contribution in [0, 0.1) is 19.7 Å². The Morgan fingerprint density at radius 2 is 1.48 bits per heavy atom. The monoisotopic (exact) mass is 403 g/mol. The maximum absolute atomic E-state index is 13.4. The highest BCUT2D eigenvalue weighted by molar-refractivity contribution is 8.04. The lowest BCUT2D eigenvalue weighted by atomic mass is 10.1. The van der Waals surface area contributed by atoms with Crippen LogP contribution in [0.2, 0.25) is 0 Å². The SMILES string of the molecule is Cc1cccc(N2C(=O)C(Sc3ccccc3)=C(c3ccc(F)cc3)C2=O)c1C. The first kappa shape index (κ1) is 19.2. The molecular weight excluding hydrogens is 385 g/mol. The van der Waals surface area contributed by atoms with Gasteiger partial charge in [0, 0.05) is 4.90 Å². The summed E-state index contributed by atoms with van der Waals surface area (Å²) in [5.41, 5.74) is 3.26. The second-order valence-corrected chi connectivity index (χ2v) is 7.87. The van der Waals surface area contributed by atoms with E-state index >= 15 is 0 Å². The summed E-state index contributed by atoms with van der Waals surface area (Å²) >= 11 is 1.25. The summed E-state index contributed by atoms with van der Waals surface area (Å²) in [6, 6.07) is 20.6. The number of benzene rings is 3. The van der Waals surface area contributed by atoms with Crippen molar-refractivity contribution in [3.63, 3.8) is 0 Å². The fraction of sp³-hybridized carbons (Fsp3) is 0.0833. The van der Waals surface area contributed by atoms with Gasteiger partial charge >= 0.3 is 0 Å². The topological polar surface area (TPSA) is 37.4 Å². The molecule has 0 saturated heterocycles. The highest BCUT2D eigenvalue weighted by atomic mass is 32.2. The molecule has 144 valence electrons. The van der Waals surface area contributed by atoms with Gasteiger partial charge in [-0.25, -0.2) is 9.29 Å². The van der Waals surface area contributed by atoms with Gasteiger partial charge in [-0.2, -0.15) is 0 Å². The number of thioether (sulfide) groups is 1. The predicted molar refractivity (Wildman–Crippen MR) is 114 cm³/mol. The van der Waals surface area contributed by atoms with E-state index in [2.05, 4.69) is 0 Å². The summed E-state index contributed by atoms with van der Waals surface area (Å²) in [6.07, 6.45) is 0. The Hall–Kier alpha value is -3.18. The van der Waals surface area contributed by atoms with Gasteiger partial charge in [-0.05, 0) is 60.9 Å². The van der Waals surface area contributed by atoms with Gasteiger partial charge in [0.2, 0.25) is 0 Å². The van der Waals surface area contributed by atoms with Crippen LogP contribution in [0.25, 0.3) is 5.57 Å². The van der Waals surface area contributed by atoms with Gasteiger partial charge in [-0.1, -0.05) is 54.2 Å². The standard InChI is InChI=1S/C24H18FNO2S/c1-15-7-6-10-20(16(15)2)26-23(27)21(17-11-13-18(25)14-12-17)22(24(26)28)29-19-8-4-3-5-9-19/h3-14H,1-2H3. The molecule has 0 fully saturated rings. The molecule has 29 heavy (non-hydrogen) atoms. The fourth-order valence-corrected chi connectivity index (χ4v) is 4.29. The Morgan fingerprint density at radius 1 is 0.793 bits per heavy atom. The van der Waals surface area contributed by atoms with E-state index in [9.17, 15) is 14.0 Å². The van der Waals surface area contributed by atoms with Gasteiger partial charge in [0.1, 0.15) is 5.82 Å². The molecule has 1 heterocycles. The average molecular weight is 403 g/mol. The van der Waals surface area contributed by atoms with Crippen molar-refractivity contribution < 1.29 is 14.0 Å². The van der Waals surface area contributed by atoms with E-state index in [0.717, 1.165) is 16.0 Å². The van der Waals surface area contributed by atoms with Crippen LogP contribution >= 0.6 is 11.8 Å². The van der Waals surface area contributed by atoms with E-state index in [-0.39, 0.29) is 5.91 Å². The zero-order chi connectivity index (χ0) is 20.5. The first-order chi connectivity index (χ1) is 14.0. The zero-order valence-corrected chi connectivity index (χ0v) is 16.8. The van der Waals surface area contributed by atoms with Crippen molar-refractivity contribution in [2.75, 3.05) is 4.90 Å². The van der Waals surface area contributed by atoms with Gasteiger partial charge in [0.25, 0.3) is 11.8 Å². The molecule has 3 aromatic rings. The number of carbonyl (C=O) groups excluding carboxylic acids is 2. The van der Waals surface area contributed by atoms with Gasteiger partial charge in [-0.15, -0.1) is 0 Å². The lowest BCUT2D eigenvalue weighted by molar-refractivity contribution is -0.119. The first-order valence-corrected chi connectivity index (χ1v) is 9.97. The van der Waals surface area contributed by atoms with Gasteiger partial charge < -0.3 is 0 Å². The Balaban J connectivity index is 1.85. The number of anilines is 1. The van der Waals surface area contributed by atoms with Crippen molar-refractivity contribution >= 4 is 34.8 Å². The summed E-state index contributed by atoms with van der Waals surface area (Å²) in [5, 5.41) is 0. The minimum Gasteiger partial charge on any atom is -0.268 e. The molecule has 1 aliphatic rings. The second-order valence-electron chi connectivity index (χ2n) is 6.79. The number of aryl methyl sites for hydroxylation is 1. The van der Waals surface area contributed by atoms with E-state index in [1.165, 1.54) is 40.9 Å². The molecule has 2 amide bonds. The number of rotatable bonds is 4. The van der Waals surface area contributed by atoms with Gasteiger partial charge in [0.05, 0.1) is 16.2 Å². The Bertz CT molecular complexity index is 1140. The number of halogens is 1. The summed E-state index contributed by atoms with van der Waals surface area (Å²) < 4.78 is 13.4. The molecule has 3 aromatic carbocycles. The fourth-order valence-electron chi connectivity index (χ4n) is 3.28. The first-order valence-electron chi connectivity index (χ1n) is 9.15. The molecule has 0 bridgehead atoms. The molecule has 4 rings (SSSR count). The molecule has 1 aliphatic heterocycles. The Morgan fingerprint density at radius 3 is 2.17 bits per heavy atom. The largest absolute Gasteiger partial charge is 0.272 e. The highest BCUT2D eigenvalue weighted by Gasteiger charge is 2.41. The van der Waals surface area contributed by atoms with Crippen LogP contribution in [0.1, 0.15) is 16.7 Å². The van der Waals surface area contributed by atoms with Crippen LogP contribution in [-0.4, -0.2) is 11.8 Å². The van der Waals surface area contributed by atoms with Crippen molar-refractivity contribution in [1.29, 1.82) is 0 Å². The molecule has 0 aliphatic carbocycles. The van der Waals surface area contributed by atoms with E-state index in [0.29, 0.717) is 21.7 Å². The third kappa shape index (κ3) is 3.49. The smallest absolute Gasteiger partial charge is 0.268 e. The van der Waals surface area contributed by atoms with E-state index < -0.39 is 11.7 Å². The molecule has 0 spiro atoms. The lowest BCUT2D eigenvalue weighted by Crippen LogP contribution is -2.32. The van der Waals surface area contributed by atoms with Crippen molar-refractivity contribution in [3.8, 4) is 0 Å². The Kier molecular flexibility index (Phi) is 5.07. The third-order valence-corrected chi connectivity index (χ3v) is 6.05. The maximum Gasteiger partial charge on any atom is 0.272 e. The van der Waals surface area contributed by atoms with Crippen LogP contribution in [0.3, 0.4) is 0 Å². The summed E-state index contributed by atoms with van der Waals surface area (Å²) in [4.78, 5) is 29.2. The zero-order valence-electron chi connectivity index (χ0n) is 16.0. The average Bonchev–Trinajstić information content (AvgIpc) is 2.96. The maximum atomic E-state index is 13.4. The number of carbonyl (C=O) groups is 2. The molecule has 0 radical (unpaired) electrons. The lowest BCUT2D eigenvalue weighted by Gasteiger charge is -2.19. The van der Waals surface area contributed by atoms with Crippen LogP contribution in [-0.2, 0) is 9.59 Å². The molecule has 3 nitrogen and oxygen atoms in total. The van der Waals surface area contributed by atoms with E-state index in [1.807, 2.05) is 56.3 Å². The molecular formula is C24H18FNO2S. The summed E-state index contributed by atoms with van der Waals surface area (Å²) in [6.45, 7) is 3.84. The molecule has 0 atom stereocenters. The van der Waals surface area contributed by atoms with Crippen molar-refractivity contribution in [2.45, 2.75) is 18.7 Å². The molecule has 0 aromatic heterocycles. The van der Waals surface area contributed by atoms with E-state index in [4.69, 9.17) is 0 Å². The van der Waals surface area contributed by atoms with Crippen LogP contribution in [0.4, 0.5) is 10.1 Å². The number of amides is 2. The number of hydrogen-bond donors (Lipinski definition) is 0. The third-order valence-electron chi connectivity index (χ3n) is 4.95. The van der Waals surface area contributed by atoms with Crippen LogP contribution in [0.5, 0.6) is 0 Å². The normalized spacial score (nSPS) is 14.1. The molecule has 0 saturated carbocycles. The summed E-state index contributed by atoms with van der Waals surface area (Å²) in [7, 11) is 0. The summed E-state index contributed by atoms with van der Waals surface area (Å²) in [5.74, 6) is -1.15. The van der Waals surface area contributed by atoms with Gasteiger partial charge in [-0.3, -0.25) is 9.59 Å². The highest BCUT2D eigenvalue weighted by Crippen LogP contribution is 2.42. The number of nitrogens with zero attached hydrogens (tertiary/aromatic N) is 1. The molecule has 0 unspecified atom stereocenters. The molecule has 0 N–H and O–H groups in total. The minimum absolute atomic E-state index is 0.296. The van der Waals surface area contributed by atoms with Crippen molar-refractivity contribution in [3.05, 3.63) is 100 Å². The second kappa shape index (κ2) is 7.68. The quantitative estimate of drug-likeness (QED) is 0.538. The van der Waals surface area contributed by atoms with Crippen LogP contribution in [0.15, 0.2) is 82.6 Å². The minimum atomic E-state index is -0.395. The van der Waals surface area contributed by atoms with Crippen molar-refractivity contribution in [1.82, 2.24) is 0 Å². The van der Waals surface area contributed by atoms with Crippen molar-refractivity contribution in [2.24, 2.45) is 0 Å². The number of imide groups is 1. The van der Waals surface area contributed by atoms with Gasteiger partial charge in [0.15, 0.2) is 0 Å². The molecule has 5 heteroatoms. The Labute approximate surface area is 172 Å². The van der Waals surface area contributed by atoms with E-state index in [1.54, 1.807) is 6.07 Å². The number of hydrogen-bond acceptors (Lipinski definition) is 3. The predicted octanol–water partition coefficient (Wildman–Crippen LogP) is 5.52.